The van der Waals surface area contributed by atoms with Crippen LogP contribution in [0.4, 0.5) is 5.95 Å². The third-order valence-electron chi connectivity index (χ3n) is 6.56. The van der Waals surface area contributed by atoms with Crippen LogP contribution in [0.3, 0.4) is 0 Å². The molecule has 3 heterocycles. The number of anilines is 1. The molecule has 0 bridgehead atoms. The molecule has 0 aliphatic heterocycles. The molecule has 3 aromatic heterocycles. The van der Waals surface area contributed by atoms with E-state index in [1.165, 1.54) is 0 Å². The fraction of sp³-hybridized carbons (Fsp3) is 0.538. The van der Waals surface area contributed by atoms with Gasteiger partial charge in [0.25, 0.3) is 0 Å². The lowest BCUT2D eigenvalue weighted by atomic mass is 9.87. The maximum Gasteiger partial charge on any atom is 0.306 e. The molecule has 1 aliphatic carbocycles. The van der Waals surface area contributed by atoms with E-state index in [1.807, 2.05) is 32.2 Å². The molecule has 1 saturated carbocycles. The predicted molar refractivity (Wildman–Crippen MR) is 136 cm³/mol. The summed E-state index contributed by atoms with van der Waals surface area (Å²) in [5.74, 6) is 0.195. The lowest BCUT2D eigenvalue weighted by molar-refractivity contribution is -0.143. The van der Waals surface area contributed by atoms with Crippen molar-refractivity contribution < 1.29 is 14.6 Å². The van der Waals surface area contributed by atoms with Gasteiger partial charge in [0.2, 0.25) is 5.95 Å². The molecule has 1 aliphatic rings. The number of pyridine rings is 1. The zero-order valence-electron chi connectivity index (χ0n) is 21.7. The molecule has 4 rings (SSSR count). The van der Waals surface area contributed by atoms with Crippen LogP contribution in [-0.2, 0) is 23.7 Å². The highest BCUT2D eigenvalue weighted by atomic mass is 16.5. The zero-order chi connectivity index (χ0) is 25.9. The van der Waals surface area contributed by atoms with E-state index < -0.39 is 5.97 Å². The van der Waals surface area contributed by atoms with Gasteiger partial charge in [0.1, 0.15) is 11.4 Å². The molecule has 0 spiro atoms. The summed E-state index contributed by atoms with van der Waals surface area (Å²) >= 11 is 0. The van der Waals surface area contributed by atoms with Crippen molar-refractivity contribution in [2.45, 2.75) is 71.3 Å². The van der Waals surface area contributed by atoms with Crippen molar-refractivity contribution >= 4 is 11.9 Å². The number of rotatable bonds is 8. The third kappa shape index (κ3) is 5.98. The fourth-order valence-electron chi connectivity index (χ4n) is 4.47. The largest absolute Gasteiger partial charge is 0.489 e. The molecule has 0 unspecified atom stereocenters. The van der Waals surface area contributed by atoms with Crippen LogP contribution >= 0.6 is 0 Å². The summed E-state index contributed by atoms with van der Waals surface area (Å²) < 4.78 is 7.91. The van der Waals surface area contributed by atoms with Crippen LogP contribution < -0.4 is 10.1 Å². The highest BCUT2D eigenvalue weighted by Gasteiger charge is 2.28. The lowest BCUT2D eigenvalue weighted by Gasteiger charge is -2.27. The van der Waals surface area contributed by atoms with Crippen LogP contribution in [0.2, 0.25) is 0 Å². The number of carboxylic acids is 1. The summed E-state index contributed by atoms with van der Waals surface area (Å²) in [4.78, 5) is 25.1. The first-order valence-corrected chi connectivity index (χ1v) is 12.4. The molecule has 0 aromatic carbocycles. The van der Waals surface area contributed by atoms with Gasteiger partial charge >= 0.3 is 5.97 Å². The van der Waals surface area contributed by atoms with E-state index >= 15 is 0 Å². The molecule has 2 atom stereocenters. The van der Waals surface area contributed by atoms with Crippen molar-refractivity contribution in [3.05, 3.63) is 41.5 Å². The highest BCUT2D eigenvalue weighted by molar-refractivity contribution is 5.70. The van der Waals surface area contributed by atoms with Crippen molar-refractivity contribution in [2.75, 3.05) is 11.9 Å². The van der Waals surface area contributed by atoms with Gasteiger partial charge in [-0.25, -0.2) is 15.0 Å². The number of aliphatic carboxylic acids is 1. The van der Waals surface area contributed by atoms with E-state index in [0.29, 0.717) is 37.5 Å². The van der Waals surface area contributed by atoms with Crippen LogP contribution in [0.25, 0.3) is 11.4 Å². The van der Waals surface area contributed by atoms with Crippen molar-refractivity contribution in [3.63, 3.8) is 0 Å². The molecule has 192 valence electrons. The minimum absolute atomic E-state index is 0.0488. The number of nitrogens with one attached hydrogen (secondary N) is 1. The van der Waals surface area contributed by atoms with Crippen LogP contribution in [0.5, 0.6) is 5.75 Å². The SMILES string of the molecule is Cc1nc(-c2nnn(C)c2CCNc2nccc(C(C)(C)C)n2)ccc1O[C@H]1CCC[C@H](C(=O)O)C1. The minimum Gasteiger partial charge on any atom is -0.489 e. The van der Waals surface area contributed by atoms with E-state index in [2.05, 4.69) is 46.4 Å². The van der Waals surface area contributed by atoms with Crippen molar-refractivity contribution in [2.24, 2.45) is 13.0 Å². The standard InChI is InChI=1S/C26H35N7O3/c1-16-21(36-18-8-6-7-17(15-18)24(34)35)10-9-19(29-16)23-20(33(5)32-31-23)11-13-27-25-28-14-12-22(30-25)26(2,3)4/h9-10,12,14,17-18H,6-8,11,13,15H2,1-5H3,(H,34,35)(H,27,28,30)/t17-,18-/m0/s1. The lowest BCUT2D eigenvalue weighted by Crippen LogP contribution is -2.29. The first kappa shape index (κ1) is 25.5. The Bertz CT molecular complexity index is 1220. The molecular formula is C26H35N7O3. The molecule has 3 aromatic rings. The summed E-state index contributed by atoms with van der Waals surface area (Å²) in [7, 11) is 1.87. The number of hydrogen-bond acceptors (Lipinski definition) is 8. The monoisotopic (exact) mass is 493 g/mol. The van der Waals surface area contributed by atoms with Crippen molar-refractivity contribution in [1.82, 2.24) is 29.9 Å². The Kier molecular flexibility index (Phi) is 7.51. The van der Waals surface area contributed by atoms with Crippen LogP contribution in [0.1, 0.15) is 63.5 Å². The van der Waals surface area contributed by atoms with Gasteiger partial charge in [0.05, 0.1) is 34.8 Å². The molecule has 0 radical (unpaired) electrons. The zero-order valence-corrected chi connectivity index (χ0v) is 21.7. The summed E-state index contributed by atoms with van der Waals surface area (Å²) in [6.07, 6.45) is 5.29. The minimum atomic E-state index is -0.744. The second-order valence-corrected chi connectivity index (χ2v) is 10.4. The van der Waals surface area contributed by atoms with Gasteiger partial charge in [0.15, 0.2) is 0 Å². The van der Waals surface area contributed by atoms with E-state index in [1.54, 1.807) is 10.9 Å². The smallest absolute Gasteiger partial charge is 0.306 e. The summed E-state index contributed by atoms with van der Waals surface area (Å²) in [5.41, 5.74) is 4.07. The number of hydrogen-bond donors (Lipinski definition) is 2. The molecule has 10 nitrogen and oxygen atoms in total. The Labute approximate surface area is 211 Å². The predicted octanol–water partition coefficient (Wildman–Crippen LogP) is 3.95. The summed E-state index contributed by atoms with van der Waals surface area (Å²) in [6.45, 7) is 8.89. The Morgan fingerprint density at radius 2 is 2.03 bits per heavy atom. The number of aromatic nitrogens is 6. The molecule has 2 N–H and O–H groups in total. The Hall–Kier alpha value is -3.56. The molecule has 36 heavy (non-hydrogen) atoms. The van der Waals surface area contributed by atoms with Crippen molar-refractivity contribution in [1.29, 1.82) is 0 Å². The van der Waals surface area contributed by atoms with Gasteiger partial charge in [-0.3, -0.25) is 9.48 Å². The van der Waals surface area contributed by atoms with Gasteiger partial charge in [0, 0.05) is 31.6 Å². The normalized spacial score (nSPS) is 18.1. The van der Waals surface area contributed by atoms with Gasteiger partial charge in [-0.15, -0.1) is 5.10 Å². The van der Waals surface area contributed by atoms with Gasteiger partial charge < -0.3 is 15.2 Å². The Balaban J connectivity index is 1.43. The van der Waals surface area contributed by atoms with Crippen molar-refractivity contribution in [3.8, 4) is 17.1 Å². The van der Waals surface area contributed by atoms with E-state index in [0.717, 1.165) is 41.3 Å². The van der Waals surface area contributed by atoms with E-state index in [-0.39, 0.29) is 17.4 Å². The average molecular weight is 494 g/mol. The summed E-state index contributed by atoms with van der Waals surface area (Å²) in [5, 5.41) is 21.2. The number of carbonyl (C=O) groups is 1. The Morgan fingerprint density at radius 3 is 2.75 bits per heavy atom. The van der Waals surface area contributed by atoms with Crippen LogP contribution in [0, 0.1) is 12.8 Å². The van der Waals surface area contributed by atoms with Gasteiger partial charge in [-0.05, 0) is 50.8 Å². The average Bonchev–Trinajstić information content (AvgIpc) is 3.20. The highest BCUT2D eigenvalue weighted by Crippen LogP contribution is 2.30. The van der Waals surface area contributed by atoms with E-state index in [4.69, 9.17) is 9.72 Å². The second kappa shape index (κ2) is 10.6. The topological polar surface area (TPSA) is 128 Å². The molecule has 1 fully saturated rings. The molecule has 0 amide bonds. The fourth-order valence-corrected chi connectivity index (χ4v) is 4.47. The Morgan fingerprint density at radius 1 is 1.22 bits per heavy atom. The second-order valence-electron chi connectivity index (χ2n) is 10.4. The molecule has 10 heteroatoms. The van der Waals surface area contributed by atoms with Crippen LogP contribution in [-0.4, -0.2) is 53.7 Å². The number of aryl methyl sites for hydroxylation is 2. The molecular weight excluding hydrogens is 458 g/mol. The number of ether oxygens (including phenoxy) is 1. The first-order valence-electron chi connectivity index (χ1n) is 12.4. The maximum atomic E-state index is 11.4. The number of nitrogens with zero attached hydrogens (tertiary/aromatic N) is 6. The maximum absolute atomic E-state index is 11.4. The number of carboxylic acid groups (broad SMARTS) is 1. The molecule has 0 saturated heterocycles. The first-order chi connectivity index (χ1) is 17.1. The van der Waals surface area contributed by atoms with Gasteiger partial charge in [-0.1, -0.05) is 26.0 Å². The quantitative estimate of drug-likeness (QED) is 0.479. The van der Waals surface area contributed by atoms with E-state index in [9.17, 15) is 9.90 Å². The van der Waals surface area contributed by atoms with Gasteiger partial charge in [-0.2, -0.15) is 0 Å². The third-order valence-corrected chi connectivity index (χ3v) is 6.56. The van der Waals surface area contributed by atoms with Crippen LogP contribution in [0.15, 0.2) is 24.4 Å². The summed E-state index contributed by atoms with van der Waals surface area (Å²) in [6, 6.07) is 5.72.